The average Bonchev–Trinajstić information content (AvgIpc) is 2.59. The molecule has 0 atom stereocenters. The molecule has 0 aliphatic rings. The first-order valence-corrected chi connectivity index (χ1v) is 8.96. The highest BCUT2D eigenvalue weighted by atomic mass is 19.4. The Hall–Kier alpha value is -0.940. The zero-order valence-electron chi connectivity index (χ0n) is 16.1. The van der Waals surface area contributed by atoms with Crippen molar-refractivity contribution < 1.29 is 46.4 Å². The van der Waals surface area contributed by atoms with Gasteiger partial charge in [-0.2, -0.15) is 13.2 Å². The van der Waals surface area contributed by atoms with E-state index in [2.05, 4.69) is 18.6 Å². The fourth-order valence-corrected chi connectivity index (χ4v) is 1.58. The molecule has 0 aromatic heterocycles. The topological polar surface area (TPSA) is 72.5 Å². The smallest absolute Gasteiger partial charge is 0.457 e. The minimum Gasteiger partial charge on any atom is -0.457 e. The van der Waals surface area contributed by atoms with Gasteiger partial charge in [-0.25, -0.2) is 4.79 Å². The largest absolute Gasteiger partial charge is 0.490 e. The number of carbonyl (C=O) groups excluding carboxylic acids is 1. The Balaban J connectivity index is 3.12. The summed E-state index contributed by atoms with van der Waals surface area (Å²) < 4.78 is 65.7. The van der Waals surface area contributed by atoms with Crippen LogP contribution in [0.3, 0.4) is 0 Å². The van der Waals surface area contributed by atoms with E-state index in [1.807, 2.05) is 0 Å². The first-order chi connectivity index (χ1) is 12.8. The summed E-state index contributed by atoms with van der Waals surface area (Å²) in [7, 11) is 0. The van der Waals surface area contributed by atoms with Gasteiger partial charge in [-0.1, -0.05) is 13.8 Å². The number of hydrogen-bond donors (Lipinski definition) is 0. The van der Waals surface area contributed by atoms with Crippen LogP contribution in [0.5, 0.6) is 0 Å². The van der Waals surface area contributed by atoms with Gasteiger partial charge in [-0.15, -0.1) is 0 Å². The van der Waals surface area contributed by atoms with Crippen LogP contribution in [0, 0.1) is 5.92 Å². The normalized spacial score (nSPS) is 11.9. The standard InChI is InChI=1S/C17H31F3O7/c1-15(2)3-4-22-5-6-23-7-8-24-9-10-25-11-12-26-13-14-27-16(21)17(18,19)20/h15H,3-14H2,1-2H3. The van der Waals surface area contributed by atoms with E-state index in [1.54, 1.807) is 0 Å². The van der Waals surface area contributed by atoms with Crippen molar-refractivity contribution in [1.29, 1.82) is 0 Å². The average molecular weight is 404 g/mol. The molecule has 0 aliphatic heterocycles. The third-order valence-electron chi connectivity index (χ3n) is 3.02. The zero-order valence-corrected chi connectivity index (χ0v) is 16.1. The Morgan fingerprint density at radius 1 is 0.667 bits per heavy atom. The van der Waals surface area contributed by atoms with Crippen LogP contribution in [0.25, 0.3) is 0 Å². The van der Waals surface area contributed by atoms with Gasteiger partial charge in [0.25, 0.3) is 0 Å². The predicted molar refractivity (Wildman–Crippen MR) is 90.6 cm³/mol. The molecule has 0 radical (unpaired) electrons. The predicted octanol–water partition coefficient (Wildman–Crippen LogP) is 2.22. The molecule has 0 spiro atoms. The molecule has 7 nitrogen and oxygen atoms in total. The van der Waals surface area contributed by atoms with Gasteiger partial charge < -0.3 is 28.4 Å². The molecule has 27 heavy (non-hydrogen) atoms. The summed E-state index contributed by atoms with van der Waals surface area (Å²) in [6, 6.07) is 0. The van der Waals surface area contributed by atoms with Crippen molar-refractivity contribution in [3.63, 3.8) is 0 Å². The molecule has 0 aliphatic carbocycles. The lowest BCUT2D eigenvalue weighted by atomic mass is 10.1. The molecule has 0 aromatic rings. The summed E-state index contributed by atoms with van der Waals surface area (Å²) in [5, 5.41) is 0. The molecule has 0 amide bonds. The van der Waals surface area contributed by atoms with Crippen molar-refractivity contribution in [2.45, 2.75) is 26.4 Å². The van der Waals surface area contributed by atoms with Crippen LogP contribution < -0.4 is 0 Å². The molecule has 0 aromatic carbocycles. The monoisotopic (exact) mass is 404 g/mol. The number of carbonyl (C=O) groups is 1. The van der Waals surface area contributed by atoms with E-state index in [0.717, 1.165) is 13.0 Å². The summed E-state index contributed by atoms with van der Waals surface area (Å²) in [5.74, 6) is -1.59. The molecule has 10 heteroatoms. The third kappa shape index (κ3) is 19.6. The highest BCUT2D eigenvalue weighted by Gasteiger charge is 2.40. The SMILES string of the molecule is CC(C)CCOCCOCCOCCOCCOCCOC(=O)C(F)(F)F. The van der Waals surface area contributed by atoms with Crippen LogP contribution >= 0.6 is 0 Å². The number of alkyl halides is 3. The van der Waals surface area contributed by atoms with Crippen LogP contribution in [-0.4, -0.2) is 84.8 Å². The quantitative estimate of drug-likeness (QED) is 0.256. The fraction of sp³-hybridized carbons (Fsp3) is 0.941. The highest BCUT2D eigenvalue weighted by molar-refractivity contribution is 5.75. The second kappa shape index (κ2) is 17.2. The maximum Gasteiger partial charge on any atom is 0.490 e. The Morgan fingerprint density at radius 2 is 1.00 bits per heavy atom. The summed E-state index contributed by atoms with van der Waals surface area (Å²) >= 11 is 0. The van der Waals surface area contributed by atoms with Gasteiger partial charge >= 0.3 is 12.1 Å². The van der Waals surface area contributed by atoms with Crippen molar-refractivity contribution >= 4 is 5.97 Å². The molecular weight excluding hydrogens is 373 g/mol. The number of halogens is 3. The first kappa shape index (κ1) is 26.1. The van der Waals surface area contributed by atoms with Crippen molar-refractivity contribution in [2.75, 3.05) is 72.7 Å². The maximum absolute atomic E-state index is 11.8. The minimum absolute atomic E-state index is 0.125. The maximum atomic E-state index is 11.8. The Morgan fingerprint density at radius 3 is 1.33 bits per heavy atom. The molecule has 0 saturated heterocycles. The van der Waals surface area contributed by atoms with E-state index >= 15 is 0 Å². The molecular formula is C17H31F3O7. The fourth-order valence-electron chi connectivity index (χ4n) is 1.58. The van der Waals surface area contributed by atoms with E-state index in [1.165, 1.54) is 0 Å². The van der Waals surface area contributed by atoms with Crippen molar-refractivity contribution in [3.05, 3.63) is 0 Å². The van der Waals surface area contributed by atoms with Crippen LogP contribution in [-0.2, 0) is 33.2 Å². The lowest BCUT2D eigenvalue weighted by Gasteiger charge is -2.09. The molecule has 0 unspecified atom stereocenters. The lowest BCUT2D eigenvalue weighted by molar-refractivity contribution is -0.200. The summed E-state index contributed by atoms with van der Waals surface area (Å²) in [5.41, 5.74) is 0. The molecule has 0 saturated carbocycles. The summed E-state index contributed by atoms with van der Waals surface area (Å²) in [6.07, 6.45) is -3.94. The third-order valence-corrected chi connectivity index (χ3v) is 3.02. The molecule has 0 heterocycles. The van der Waals surface area contributed by atoms with Crippen molar-refractivity contribution in [2.24, 2.45) is 5.92 Å². The van der Waals surface area contributed by atoms with Gasteiger partial charge in [0.2, 0.25) is 0 Å². The van der Waals surface area contributed by atoms with Crippen LogP contribution in [0.2, 0.25) is 0 Å². The van der Waals surface area contributed by atoms with Gasteiger partial charge in [0.05, 0.1) is 59.5 Å². The van der Waals surface area contributed by atoms with Crippen LogP contribution in [0.1, 0.15) is 20.3 Å². The number of rotatable bonds is 18. The molecule has 0 N–H and O–H groups in total. The van der Waals surface area contributed by atoms with Gasteiger partial charge in [0.1, 0.15) is 6.61 Å². The lowest BCUT2D eigenvalue weighted by Crippen LogP contribution is -2.26. The molecule has 162 valence electrons. The second-order valence-corrected chi connectivity index (χ2v) is 5.88. The summed E-state index contributed by atoms with van der Waals surface area (Å²) in [6.45, 7) is 7.72. The Bertz CT molecular complexity index is 352. The van der Waals surface area contributed by atoms with Crippen molar-refractivity contribution in [3.8, 4) is 0 Å². The van der Waals surface area contributed by atoms with Crippen LogP contribution in [0.15, 0.2) is 0 Å². The molecule has 0 rings (SSSR count). The van der Waals surface area contributed by atoms with Gasteiger partial charge in [-0.05, 0) is 12.3 Å². The van der Waals surface area contributed by atoms with E-state index in [-0.39, 0.29) is 19.8 Å². The second-order valence-electron chi connectivity index (χ2n) is 5.88. The van der Waals surface area contributed by atoms with E-state index < -0.39 is 18.8 Å². The minimum atomic E-state index is -4.98. The highest BCUT2D eigenvalue weighted by Crippen LogP contribution is 2.16. The number of hydrogen-bond acceptors (Lipinski definition) is 7. The Labute approximate surface area is 158 Å². The van der Waals surface area contributed by atoms with E-state index in [9.17, 15) is 18.0 Å². The Kier molecular flexibility index (Phi) is 16.6. The van der Waals surface area contributed by atoms with Crippen LogP contribution in [0.4, 0.5) is 13.2 Å². The molecule has 0 bridgehead atoms. The summed E-state index contributed by atoms with van der Waals surface area (Å²) in [4.78, 5) is 10.4. The van der Waals surface area contributed by atoms with Gasteiger partial charge in [0, 0.05) is 6.61 Å². The number of ether oxygens (including phenoxy) is 6. The van der Waals surface area contributed by atoms with E-state index in [4.69, 9.17) is 23.7 Å². The molecule has 0 fully saturated rings. The van der Waals surface area contributed by atoms with Gasteiger partial charge in [0.15, 0.2) is 0 Å². The first-order valence-electron chi connectivity index (χ1n) is 8.96. The number of esters is 1. The van der Waals surface area contributed by atoms with Gasteiger partial charge in [-0.3, -0.25) is 0 Å². The van der Waals surface area contributed by atoms with E-state index in [0.29, 0.717) is 45.6 Å². The van der Waals surface area contributed by atoms with Crippen molar-refractivity contribution in [1.82, 2.24) is 0 Å². The zero-order chi connectivity index (χ0) is 20.4.